The molecule has 0 N–H and O–H groups in total. The molecule has 0 saturated heterocycles. The Balaban J connectivity index is 1.14. The fourth-order valence-electron chi connectivity index (χ4n) is 7.70. The maximum Gasteiger partial charge on any atom is 0.164 e. The molecule has 222 valence electrons. The molecule has 0 radical (unpaired) electrons. The zero-order valence-electron chi connectivity index (χ0n) is 25.6. The molecule has 1 aliphatic rings. The summed E-state index contributed by atoms with van der Waals surface area (Å²) in [7, 11) is 0. The van der Waals surface area contributed by atoms with Gasteiger partial charge in [0.25, 0.3) is 0 Å². The van der Waals surface area contributed by atoms with Crippen LogP contribution in [-0.2, 0) is 0 Å². The van der Waals surface area contributed by atoms with Crippen molar-refractivity contribution < 1.29 is 0 Å². The van der Waals surface area contributed by atoms with Gasteiger partial charge in [-0.15, -0.1) is 11.3 Å². The van der Waals surface area contributed by atoms with Gasteiger partial charge in [-0.25, -0.2) is 15.0 Å². The van der Waals surface area contributed by atoms with Crippen LogP contribution in [0.4, 0.5) is 0 Å². The van der Waals surface area contributed by atoms with Crippen LogP contribution in [0.3, 0.4) is 0 Å². The van der Waals surface area contributed by atoms with Crippen LogP contribution in [-0.4, -0.2) is 19.5 Å². The number of hydrogen-bond acceptors (Lipinski definition) is 4. The molecular formula is C43H24N4S. The molecule has 0 amide bonds. The summed E-state index contributed by atoms with van der Waals surface area (Å²) in [6.45, 7) is 0. The second kappa shape index (κ2) is 9.67. The first kappa shape index (κ1) is 26.0. The zero-order valence-corrected chi connectivity index (χ0v) is 26.4. The Hall–Kier alpha value is -6.17. The van der Waals surface area contributed by atoms with Gasteiger partial charge in [0.05, 0.1) is 11.0 Å². The maximum absolute atomic E-state index is 4.96. The summed E-state index contributed by atoms with van der Waals surface area (Å²) in [5.41, 5.74) is 9.02. The van der Waals surface area contributed by atoms with Crippen LogP contribution in [0.25, 0.3) is 104 Å². The van der Waals surface area contributed by atoms with E-state index in [4.69, 9.17) is 15.0 Å². The van der Waals surface area contributed by atoms with Gasteiger partial charge in [0.15, 0.2) is 17.5 Å². The minimum atomic E-state index is 0.652. The van der Waals surface area contributed by atoms with Crippen molar-refractivity contribution in [2.75, 3.05) is 0 Å². The summed E-state index contributed by atoms with van der Waals surface area (Å²) < 4.78 is 5.12. The minimum absolute atomic E-state index is 0.652. The van der Waals surface area contributed by atoms with E-state index in [0.29, 0.717) is 17.5 Å². The fourth-order valence-corrected chi connectivity index (χ4v) is 8.84. The number of thiophene rings is 1. The lowest BCUT2D eigenvalue weighted by Gasteiger charge is -2.12. The average Bonchev–Trinajstić information content (AvgIpc) is 3.67. The highest BCUT2D eigenvalue weighted by Gasteiger charge is 2.25. The standard InChI is InChI=1S/C43H24N4S/c1-3-9-26(10-4-1)41-44-42(27-11-5-2-6-12-27)46-43(45-41)28-17-21-29(22-18-28)47-32-15-7-13-30-31-14-8-16-34-38(31)40-35(48-34)24-20-25-19-23-33(47)39(36(25)40)37(30)32/h1-24H. The first-order valence-corrected chi connectivity index (χ1v) is 16.9. The van der Waals surface area contributed by atoms with Crippen molar-refractivity contribution in [3.63, 3.8) is 0 Å². The Bertz CT molecular complexity index is 2860. The van der Waals surface area contributed by atoms with E-state index in [2.05, 4.69) is 89.5 Å². The largest absolute Gasteiger partial charge is 0.309 e. The molecular weight excluding hydrogens is 605 g/mol. The summed E-state index contributed by atoms with van der Waals surface area (Å²) >= 11 is 1.90. The molecule has 0 saturated carbocycles. The lowest BCUT2D eigenvalue weighted by atomic mass is 9.98. The van der Waals surface area contributed by atoms with Crippen molar-refractivity contribution in [1.29, 1.82) is 0 Å². The second-order valence-electron chi connectivity index (χ2n) is 12.4. The van der Waals surface area contributed by atoms with E-state index in [1.54, 1.807) is 0 Å². The molecule has 0 unspecified atom stereocenters. The quantitative estimate of drug-likeness (QED) is 0.195. The van der Waals surface area contributed by atoms with Gasteiger partial charge in [-0.05, 0) is 65.0 Å². The van der Waals surface area contributed by atoms with Gasteiger partial charge in [-0.2, -0.15) is 0 Å². The highest BCUT2D eigenvalue weighted by Crippen LogP contribution is 2.51. The number of hydrogen-bond donors (Lipinski definition) is 0. The smallest absolute Gasteiger partial charge is 0.164 e. The van der Waals surface area contributed by atoms with E-state index in [1.165, 1.54) is 63.9 Å². The zero-order chi connectivity index (χ0) is 31.3. The normalized spacial score (nSPS) is 12.2. The van der Waals surface area contributed by atoms with Gasteiger partial charge in [0.2, 0.25) is 0 Å². The van der Waals surface area contributed by atoms with Crippen molar-refractivity contribution in [2.24, 2.45) is 0 Å². The third-order valence-electron chi connectivity index (χ3n) is 9.77. The molecule has 0 bridgehead atoms. The second-order valence-corrected chi connectivity index (χ2v) is 13.5. The van der Waals surface area contributed by atoms with Crippen molar-refractivity contribution >= 4 is 64.1 Å². The van der Waals surface area contributed by atoms with E-state index in [1.807, 2.05) is 72.0 Å². The fraction of sp³-hybridized carbons (Fsp3) is 0. The number of nitrogens with zero attached hydrogens (tertiary/aromatic N) is 4. The van der Waals surface area contributed by atoms with E-state index in [0.717, 1.165) is 22.4 Å². The molecule has 48 heavy (non-hydrogen) atoms. The number of benzene rings is 7. The first-order valence-electron chi connectivity index (χ1n) is 16.1. The van der Waals surface area contributed by atoms with E-state index >= 15 is 0 Å². The van der Waals surface area contributed by atoms with Crippen LogP contribution < -0.4 is 0 Å². The van der Waals surface area contributed by atoms with Crippen LogP contribution >= 0.6 is 11.3 Å². The molecule has 3 heterocycles. The molecule has 10 aromatic rings. The number of rotatable bonds is 4. The van der Waals surface area contributed by atoms with Crippen LogP contribution in [0.2, 0.25) is 0 Å². The van der Waals surface area contributed by atoms with E-state index in [-0.39, 0.29) is 0 Å². The molecule has 7 aromatic carbocycles. The molecule has 0 aliphatic heterocycles. The Morgan fingerprint density at radius 1 is 0.375 bits per heavy atom. The van der Waals surface area contributed by atoms with Crippen LogP contribution in [0.1, 0.15) is 0 Å². The predicted octanol–water partition coefficient (Wildman–Crippen LogP) is 11.5. The topological polar surface area (TPSA) is 43.6 Å². The molecule has 4 nitrogen and oxygen atoms in total. The number of aromatic nitrogens is 4. The van der Waals surface area contributed by atoms with Crippen molar-refractivity contribution in [3.05, 3.63) is 146 Å². The molecule has 3 aromatic heterocycles. The summed E-state index contributed by atoms with van der Waals surface area (Å²) in [6, 6.07) is 51.6. The SMILES string of the molecule is c1ccc(-c2nc(-c3ccccc3)nc(-c3ccc(-n4c5cccc6c5c5c7c(ccc8sc9cccc-6c9c87)ccc54)cc3)n2)cc1. The average molecular weight is 629 g/mol. The lowest BCUT2D eigenvalue weighted by molar-refractivity contribution is 1.07. The molecule has 5 heteroatoms. The predicted molar refractivity (Wildman–Crippen MR) is 200 cm³/mol. The van der Waals surface area contributed by atoms with Gasteiger partial charge in [0, 0.05) is 58.7 Å². The molecule has 0 spiro atoms. The molecule has 11 rings (SSSR count). The highest BCUT2D eigenvalue weighted by molar-refractivity contribution is 7.26. The Morgan fingerprint density at radius 2 is 0.938 bits per heavy atom. The first-order chi connectivity index (χ1) is 23.8. The summed E-state index contributed by atoms with van der Waals surface area (Å²) in [5, 5.41) is 8.08. The Morgan fingerprint density at radius 3 is 1.62 bits per heavy atom. The van der Waals surface area contributed by atoms with Crippen molar-refractivity contribution in [1.82, 2.24) is 19.5 Å². The van der Waals surface area contributed by atoms with Crippen LogP contribution in [0.15, 0.2) is 146 Å². The van der Waals surface area contributed by atoms with Gasteiger partial charge in [-0.1, -0.05) is 97.1 Å². The van der Waals surface area contributed by atoms with Gasteiger partial charge >= 0.3 is 0 Å². The lowest BCUT2D eigenvalue weighted by Crippen LogP contribution is -2.00. The van der Waals surface area contributed by atoms with Gasteiger partial charge in [0.1, 0.15) is 0 Å². The summed E-state index contributed by atoms with van der Waals surface area (Å²) in [4.78, 5) is 14.8. The number of fused-ring (bicyclic) bond motifs is 1. The monoisotopic (exact) mass is 628 g/mol. The van der Waals surface area contributed by atoms with Crippen molar-refractivity contribution in [2.45, 2.75) is 0 Å². The maximum atomic E-state index is 4.96. The summed E-state index contributed by atoms with van der Waals surface area (Å²) in [6.07, 6.45) is 0. The van der Waals surface area contributed by atoms with Crippen LogP contribution in [0, 0.1) is 0 Å². The molecule has 1 aliphatic carbocycles. The minimum Gasteiger partial charge on any atom is -0.309 e. The van der Waals surface area contributed by atoms with Gasteiger partial charge in [-0.3, -0.25) is 0 Å². The Labute approximate surface area is 279 Å². The third kappa shape index (κ3) is 3.56. The summed E-state index contributed by atoms with van der Waals surface area (Å²) in [5.74, 6) is 1.97. The van der Waals surface area contributed by atoms with Crippen LogP contribution in [0.5, 0.6) is 0 Å². The highest BCUT2D eigenvalue weighted by atomic mass is 32.1. The molecule has 0 fully saturated rings. The van der Waals surface area contributed by atoms with E-state index in [9.17, 15) is 0 Å². The Kier molecular flexibility index (Phi) is 5.23. The third-order valence-corrected chi connectivity index (χ3v) is 10.9. The van der Waals surface area contributed by atoms with E-state index < -0.39 is 0 Å². The van der Waals surface area contributed by atoms with Gasteiger partial charge < -0.3 is 4.57 Å². The van der Waals surface area contributed by atoms with Crippen molar-refractivity contribution in [3.8, 4) is 51.0 Å². The molecule has 0 atom stereocenters.